The lowest BCUT2D eigenvalue weighted by Crippen LogP contribution is -2.35. The highest BCUT2D eigenvalue weighted by Crippen LogP contribution is 2.24. The Bertz CT molecular complexity index is 929. The van der Waals surface area contributed by atoms with Gasteiger partial charge in [-0.05, 0) is 53.1 Å². The molecule has 0 spiro atoms. The van der Waals surface area contributed by atoms with Crippen molar-refractivity contribution in [2.75, 3.05) is 13.7 Å². The summed E-state index contributed by atoms with van der Waals surface area (Å²) < 4.78 is 18.6. The second kappa shape index (κ2) is 10.0. The van der Waals surface area contributed by atoms with E-state index in [2.05, 4.69) is 10.6 Å². The molecule has 0 radical (unpaired) electrons. The Morgan fingerprint density at radius 3 is 2.14 bits per heavy atom. The molecule has 150 valence electrons. The number of carbonyl (C=O) groups excluding carboxylic acids is 1. The van der Waals surface area contributed by atoms with Crippen LogP contribution in [0.1, 0.15) is 22.7 Å². The van der Waals surface area contributed by atoms with Gasteiger partial charge in [0.05, 0.1) is 19.7 Å². The number of hydrogen-bond donors (Lipinski definition) is 2. The lowest BCUT2D eigenvalue weighted by Gasteiger charge is -2.20. The zero-order valence-electron chi connectivity index (χ0n) is 16.0. The first-order valence-electron chi connectivity index (χ1n) is 9.19. The van der Waals surface area contributed by atoms with Crippen molar-refractivity contribution in [1.82, 2.24) is 10.6 Å². The SMILES string of the molecule is COc1ccc([C@H](NCC(=O)NCc2ccc(Cl)cc2)c2ccc(F)cc2)cc1. The smallest absolute Gasteiger partial charge is 0.234 e. The van der Waals surface area contributed by atoms with Crippen LogP contribution in [0.15, 0.2) is 72.8 Å². The number of methoxy groups -OCH3 is 1. The van der Waals surface area contributed by atoms with Crippen LogP contribution < -0.4 is 15.4 Å². The van der Waals surface area contributed by atoms with Gasteiger partial charge in [0.2, 0.25) is 5.91 Å². The Morgan fingerprint density at radius 1 is 0.966 bits per heavy atom. The molecule has 3 rings (SSSR count). The summed E-state index contributed by atoms with van der Waals surface area (Å²) in [5.74, 6) is 0.302. The molecule has 2 N–H and O–H groups in total. The molecule has 1 atom stereocenters. The van der Waals surface area contributed by atoms with Gasteiger partial charge in [-0.2, -0.15) is 0 Å². The van der Waals surface area contributed by atoms with Crippen molar-refractivity contribution in [2.24, 2.45) is 0 Å². The molecule has 0 aliphatic carbocycles. The number of hydrogen-bond acceptors (Lipinski definition) is 3. The van der Waals surface area contributed by atoms with Crippen molar-refractivity contribution in [3.8, 4) is 5.75 Å². The van der Waals surface area contributed by atoms with Crippen LogP contribution >= 0.6 is 11.6 Å². The zero-order chi connectivity index (χ0) is 20.6. The van der Waals surface area contributed by atoms with Crippen LogP contribution in [0.5, 0.6) is 5.75 Å². The van der Waals surface area contributed by atoms with Gasteiger partial charge in [-0.25, -0.2) is 4.39 Å². The van der Waals surface area contributed by atoms with Crippen LogP contribution in [0.4, 0.5) is 4.39 Å². The molecule has 0 aliphatic rings. The fourth-order valence-electron chi connectivity index (χ4n) is 2.94. The largest absolute Gasteiger partial charge is 0.497 e. The summed E-state index contributed by atoms with van der Waals surface area (Å²) >= 11 is 5.88. The molecule has 0 fully saturated rings. The fourth-order valence-corrected chi connectivity index (χ4v) is 3.07. The molecule has 0 heterocycles. The molecule has 6 heteroatoms. The first-order chi connectivity index (χ1) is 14.0. The monoisotopic (exact) mass is 412 g/mol. The van der Waals surface area contributed by atoms with E-state index < -0.39 is 0 Å². The van der Waals surface area contributed by atoms with Crippen molar-refractivity contribution in [3.63, 3.8) is 0 Å². The minimum Gasteiger partial charge on any atom is -0.497 e. The first-order valence-corrected chi connectivity index (χ1v) is 9.57. The van der Waals surface area contributed by atoms with Gasteiger partial charge in [0.15, 0.2) is 0 Å². The molecular weight excluding hydrogens is 391 g/mol. The van der Waals surface area contributed by atoms with Crippen LogP contribution in [-0.4, -0.2) is 19.6 Å². The van der Waals surface area contributed by atoms with E-state index in [1.54, 1.807) is 31.4 Å². The molecule has 4 nitrogen and oxygen atoms in total. The van der Waals surface area contributed by atoms with Gasteiger partial charge in [0.1, 0.15) is 11.6 Å². The van der Waals surface area contributed by atoms with E-state index in [-0.39, 0.29) is 24.3 Å². The van der Waals surface area contributed by atoms with Crippen molar-refractivity contribution >= 4 is 17.5 Å². The van der Waals surface area contributed by atoms with Crippen LogP contribution in [-0.2, 0) is 11.3 Å². The first kappa shape index (κ1) is 20.8. The van der Waals surface area contributed by atoms with E-state index in [1.165, 1.54) is 12.1 Å². The number of carbonyl (C=O) groups is 1. The Hall–Kier alpha value is -2.89. The lowest BCUT2D eigenvalue weighted by molar-refractivity contribution is -0.120. The van der Waals surface area contributed by atoms with Crippen molar-refractivity contribution in [3.05, 3.63) is 100 Å². The number of amides is 1. The Kier molecular flexibility index (Phi) is 7.22. The average molecular weight is 413 g/mol. The minimum absolute atomic E-state index is 0.113. The Labute approximate surface area is 174 Å². The Balaban J connectivity index is 1.66. The van der Waals surface area contributed by atoms with Gasteiger partial charge >= 0.3 is 0 Å². The highest BCUT2D eigenvalue weighted by atomic mass is 35.5. The van der Waals surface area contributed by atoms with E-state index in [9.17, 15) is 9.18 Å². The van der Waals surface area contributed by atoms with Crippen LogP contribution in [0.25, 0.3) is 0 Å². The van der Waals surface area contributed by atoms with Crippen molar-refractivity contribution in [1.29, 1.82) is 0 Å². The summed E-state index contributed by atoms with van der Waals surface area (Å²) in [5, 5.41) is 6.79. The van der Waals surface area contributed by atoms with Gasteiger partial charge in [-0.3, -0.25) is 10.1 Å². The minimum atomic E-state index is -0.303. The maximum Gasteiger partial charge on any atom is 0.234 e. The van der Waals surface area contributed by atoms with Gasteiger partial charge in [-0.1, -0.05) is 48.0 Å². The van der Waals surface area contributed by atoms with E-state index in [4.69, 9.17) is 16.3 Å². The Morgan fingerprint density at radius 2 is 1.55 bits per heavy atom. The molecule has 0 saturated heterocycles. The van der Waals surface area contributed by atoms with Crippen LogP contribution in [0.2, 0.25) is 5.02 Å². The maximum atomic E-state index is 13.3. The highest BCUT2D eigenvalue weighted by molar-refractivity contribution is 6.30. The third kappa shape index (κ3) is 6.04. The molecule has 0 bridgehead atoms. The van der Waals surface area contributed by atoms with Crippen molar-refractivity contribution in [2.45, 2.75) is 12.6 Å². The van der Waals surface area contributed by atoms with Gasteiger partial charge in [0.25, 0.3) is 0 Å². The number of halogens is 2. The molecule has 3 aromatic rings. The van der Waals surface area contributed by atoms with Gasteiger partial charge in [-0.15, -0.1) is 0 Å². The summed E-state index contributed by atoms with van der Waals surface area (Å²) in [4.78, 5) is 12.3. The topological polar surface area (TPSA) is 50.4 Å². The third-order valence-electron chi connectivity index (χ3n) is 4.52. The number of rotatable bonds is 8. The molecule has 0 saturated carbocycles. The van der Waals surface area contributed by atoms with E-state index >= 15 is 0 Å². The van der Waals surface area contributed by atoms with Gasteiger partial charge in [0, 0.05) is 11.6 Å². The van der Waals surface area contributed by atoms with E-state index in [0.29, 0.717) is 11.6 Å². The summed E-state index contributed by atoms with van der Waals surface area (Å²) in [6, 6.07) is 20.9. The molecule has 0 aliphatic heterocycles. The molecule has 0 aromatic heterocycles. The molecule has 29 heavy (non-hydrogen) atoms. The maximum absolute atomic E-state index is 13.3. The fraction of sp³-hybridized carbons (Fsp3) is 0.174. The van der Waals surface area contributed by atoms with E-state index in [1.807, 2.05) is 36.4 Å². The standard InChI is InChI=1S/C23H22ClFN2O2/c1-29-21-12-6-18(7-13-21)23(17-4-10-20(25)11-5-17)27-15-22(28)26-14-16-2-8-19(24)9-3-16/h2-13,23,27H,14-15H2,1H3,(H,26,28)/t23-/m1/s1. The molecule has 0 unspecified atom stereocenters. The summed E-state index contributed by atoms with van der Waals surface area (Å²) in [5.41, 5.74) is 2.78. The van der Waals surface area contributed by atoms with Gasteiger partial charge < -0.3 is 10.1 Å². The average Bonchev–Trinajstić information content (AvgIpc) is 2.75. The normalized spacial score (nSPS) is 11.7. The zero-order valence-corrected chi connectivity index (χ0v) is 16.7. The molecule has 1 amide bonds. The lowest BCUT2D eigenvalue weighted by atomic mass is 9.98. The van der Waals surface area contributed by atoms with E-state index in [0.717, 1.165) is 22.4 Å². The third-order valence-corrected chi connectivity index (χ3v) is 4.77. The number of nitrogens with one attached hydrogen (secondary N) is 2. The predicted molar refractivity (Wildman–Crippen MR) is 113 cm³/mol. The molecular formula is C23H22ClFN2O2. The van der Waals surface area contributed by atoms with Crippen molar-refractivity contribution < 1.29 is 13.9 Å². The number of ether oxygens (including phenoxy) is 1. The summed E-state index contributed by atoms with van der Waals surface area (Å²) in [7, 11) is 1.61. The summed E-state index contributed by atoms with van der Waals surface area (Å²) in [6.07, 6.45) is 0. The summed E-state index contributed by atoms with van der Waals surface area (Å²) in [6.45, 7) is 0.531. The molecule has 3 aromatic carbocycles. The quantitative estimate of drug-likeness (QED) is 0.573. The second-order valence-corrected chi connectivity index (χ2v) is 6.98. The van der Waals surface area contributed by atoms with Crippen LogP contribution in [0, 0.1) is 5.82 Å². The highest BCUT2D eigenvalue weighted by Gasteiger charge is 2.15. The van der Waals surface area contributed by atoms with Crippen LogP contribution in [0.3, 0.4) is 0 Å². The number of benzene rings is 3. The predicted octanol–water partition coefficient (Wildman–Crippen LogP) is 4.48. The second-order valence-electron chi connectivity index (χ2n) is 6.54.